The van der Waals surface area contributed by atoms with Gasteiger partial charge in [-0.2, -0.15) is 0 Å². The van der Waals surface area contributed by atoms with Crippen LogP contribution in [0.2, 0.25) is 0 Å². The van der Waals surface area contributed by atoms with E-state index in [1.54, 1.807) is 12.1 Å². The summed E-state index contributed by atoms with van der Waals surface area (Å²) in [7, 11) is 0. The van der Waals surface area contributed by atoms with Crippen molar-refractivity contribution in [2.24, 2.45) is 11.7 Å². The summed E-state index contributed by atoms with van der Waals surface area (Å²) >= 11 is 4.98. The molecule has 5 nitrogen and oxygen atoms in total. The molecule has 2 rings (SSSR count). The Morgan fingerprint density at radius 3 is 2.95 bits per heavy atom. The van der Waals surface area contributed by atoms with Gasteiger partial charge in [-0.3, -0.25) is 9.69 Å². The Labute approximate surface area is 130 Å². The summed E-state index contributed by atoms with van der Waals surface area (Å²) in [5, 5.41) is 11.8. The van der Waals surface area contributed by atoms with Gasteiger partial charge in [0.05, 0.1) is 12.2 Å². The molecular weight excluding hydrogens is 286 g/mol. The Hall–Kier alpha value is -1.50. The van der Waals surface area contributed by atoms with Gasteiger partial charge in [-0.15, -0.1) is 0 Å². The van der Waals surface area contributed by atoms with Gasteiger partial charge in [-0.1, -0.05) is 24.4 Å². The summed E-state index contributed by atoms with van der Waals surface area (Å²) in [6, 6.07) is 7.27. The van der Waals surface area contributed by atoms with Crippen LogP contribution in [0.1, 0.15) is 18.4 Å². The summed E-state index contributed by atoms with van der Waals surface area (Å²) in [5.74, 6) is 0.426. The van der Waals surface area contributed by atoms with Crippen molar-refractivity contribution in [1.29, 1.82) is 0 Å². The lowest BCUT2D eigenvalue weighted by atomic mass is 10.1. The maximum absolute atomic E-state index is 12.1. The van der Waals surface area contributed by atoms with Crippen LogP contribution in [0.15, 0.2) is 24.3 Å². The standard InChI is InChI=1S/C15H21N3O2S/c16-15(21)12-3-1-2-4-13(12)17-14(20)10-18-7-5-11(9-18)6-8-19/h1-4,11,19H,5-10H2,(H2,16,21)(H,17,20). The molecular formula is C15H21N3O2S. The number of nitrogens with zero attached hydrogens (tertiary/aromatic N) is 1. The van der Waals surface area contributed by atoms with Crippen LogP contribution < -0.4 is 11.1 Å². The van der Waals surface area contributed by atoms with Crippen LogP contribution in [0, 0.1) is 5.92 Å². The highest BCUT2D eigenvalue weighted by molar-refractivity contribution is 7.80. The fourth-order valence-corrected chi connectivity index (χ4v) is 2.85. The number of hydrogen-bond acceptors (Lipinski definition) is 4. The van der Waals surface area contributed by atoms with Gasteiger partial charge in [0.2, 0.25) is 5.91 Å². The molecule has 114 valence electrons. The third kappa shape index (κ3) is 4.49. The van der Waals surface area contributed by atoms with E-state index in [0.29, 0.717) is 23.7 Å². The number of nitrogens with two attached hydrogens (primary N) is 1. The second-order valence-corrected chi connectivity index (χ2v) is 5.80. The summed E-state index contributed by atoms with van der Waals surface area (Å²) in [6.45, 7) is 2.33. The fourth-order valence-electron chi connectivity index (χ4n) is 2.67. The Bertz CT molecular complexity index is 521. The number of nitrogens with one attached hydrogen (secondary N) is 1. The van der Waals surface area contributed by atoms with E-state index in [9.17, 15) is 4.79 Å². The van der Waals surface area contributed by atoms with Crippen LogP contribution >= 0.6 is 12.2 Å². The minimum absolute atomic E-state index is 0.0663. The number of aliphatic hydroxyl groups is 1. The molecule has 21 heavy (non-hydrogen) atoms. The molecule has 1 atom stereocenters. The second kappa shape index (κ2) is 7.49. The number of hydrogen-bond donors (Lipinski definition) is 3. The molecule has 0 aliphatic carbocycles. The highest BCUT2D eigenvalue weighted by atomic mass is 32.1. The number of rotatable bonds is 6. The predicted octanol–water partition coefficient (Wildman–Crippen LogP) is 0.964. The van der Waals surface area contributed by atoms with E-state index < -0.39 is 0 Å². The quantitative estimate of drug-likeness (QED) is 0.682. The fraction of sp³-hybridized carbons (Fsp3) is 0.467. The number of likely N-dealkylation sites (tertiary alicyclic amines) is 1. The smallest absolute Gasteiger partial charge is 0.238 e. The molecule has 1 aromatic rings. The largest absolute Gasteiger partial charge is 0.396 e. The Balaban J connectivity index is 1.90. The zero-order chi connectivity index (χ0) is 15.2. The zero-order valence-electron chi connectivity index (χ0n) is 11.9. The molecule has 1 amide bonds. The van der Waals surface area contributed by atoms with Gasteiger partial charge in [-0.05, 0) is 37.4 Å². The molecule has 1 fully saturated rings. The molecule has 1 aromatic carbocycles. The summed E-state index contributed by atoms with van der Waals surface area (Å²) in [4.78, 5) is 14.5. The van der Waals surface area contributed by atoms with Crippen molar-refractivity contribution in [3.8, 4) is 0 Å². The molecule has 6 heteroatoms. The topological polar surface area (TPSA) is 78.6 Å². The number of amides is 1. The van der Waals surface area contributed by atoms with E-state index in [1.165, 1.54) is 0 Å². The summed E-state index contributed by atoms with van der Waals surface area (Å²) in [5.41, 5.74) is 6.99. The molecule has 1 aliphatic heterocycles. The molecule has 1 saturated heterocycles. The van der Waals surface area contributed by atoms with Crippen molar-refractivity contribution in [3.63, 3.8) is 0 Å². The maximum atomic E-state index is 12.1. The van der Waals surface area contributed by atoms with Gasteiger partial charge in [-0.25, -0.2) is 0 Å². The second-order valence-electron chi connectivity index (χ2n) is 5.36. The molecule has 1 heterocycles. The molecule has 1 unspecified atom stereocenters. The number of carbonyl (C=O) groups is 1. The molecule has 0 saturated carbocycles. The predicted molar refractivity (Wildman–Crippen MR) is 87.2 cm³/mol. The Kier molecular flexibility index (Phi) is 5.67. The number of aliphatic hydroxyl groups excluding tert-OH is 1. The van der Waals surface area contributed by atoms with E-state index in [2.05, 4.69) is 10.2 Å². The lowest BCUT2D eigenvalue weighted by Crippen LogP contribution is -2.32. The number of thiocarbonyl (C=S) groups is 1. The van der Waals surface area contributed by atoms with Crippen molar-refractivity contribution in [3.05, 3.63) is 29.8 Å². The molecule has 1 aliphatic rings. The van der Waals surface area contributed by atoms with Gasteiger partial charge < -0.3 is 16.2 Å². The first kappa shape index (κ1) is 15.9. The monoisotopic (exact) mass is 307 g/mol. The average Bonchev–Trinajstić information content (AvgIpc) is 2.86. The number of anilines is 1. The van der Waals surface area contributed by atoms with Crippen molar-refractivity contribution in [2.45, 2.75) is 12.8 Å². The summed E-state index contributed by atoms with van der Waals surface area (Å²) < 4.78 is 0. The zero-order valence-corrected chi connectivity index (χ0v) is 12.7. The van der Waals surface area contributed by atoms with Crippen molar-refractivity contribution in [1.82, 2.24) is 4.90 Å². The Morgan fingerprint density at radius 2 is 2.24 bits per heavy atom. The van der Waals surface area contributed by atoms with Crippen LogP contribution in [-0.4, -0.2) is 47.1 Å². The van der Waals surface area contributed by atoms with E-state index >= 15 is 0 Å². The normalized spacial score (nSPS) is 18.6. The van der Waals surface area contributed by atoms with Gasteiger partial charge in [0.1, 0.15) is 4.99 Å². The van der Waals surface area contributed by atoms with Crippen LogP contribution in [0.5, 0.6) is 0 Å². The number of carbonyl (C=O) groups excluding carboxylic acids is 1. The van der Waals surface area contributed by atoms with Crippen LogP contribution in [0.4, 0.5) is 5.69 Å². The minimum atomic E-state index is -0.0663. The molecule has 4 N–H and O–H groups in total. The first-order chi connectivity index (χ1) is 10.1. The van der Waals surface area contributed by atoms with Gasteiger partial charge in [0.25, 0.3) is 0 Å². The van der Waals surface area contributed by atoms with Gasteiger partial charge >= 0.3 is 0 Å². The Morgan fingerprint density at radius 1 is 1.48 bits per heavy atom. The maximum Gasteiger partial charge on any atom is 0.238 e. The van der Waals surface area contributed by atoms with Gasteiger partial charge in [0.15, 0.2) is 0 Å². The first-order valence-corrected chi connectivity index (χ1v) is 7.53. The molecule has 0 bridgehead atoms. The lowest BCUT2D eigenvalue weighted by molar-refractivity contribution is -0.117. The number of para-hydroxylation sites is 1. The van der Waals surface area contributed by atoms with E-state index in [0.717, 1.165) is 25.9 Å². The van der Waals surface area contributed by atoms with Gasteiger partial charge in [0, 0.05) is 18.7 Å². The van der Waals surface area contributed by atoms with Crippen molar-refractivity contribution >= 4 is 28.8 Å². The molecule has 0 aromatic heterocycles. The van der Waals surface area contributed by atoms with Crippen LogP contribution in [0.3, 0.4) is 0 Å². The highest BCUT2D eigenvalue weighted by Crippen LogP contribution is 2.19. The molecule has 0 radical (unpaired) electrons. The first-order valence-electron chi connectivity index (χ1n) is 7.12. The SMILES string of the molecule is NC(=S)c1ccccc1NC(=O)CN1CCC(CCO)C1. The average molecular weight is 307 g/mol. The summed E-state index contributed by atoms with van der Waals surface area (Å²) in [6.07, 6.45) is 1.85. The van der Waals surface area contributed by atoms with E-state index in [1.807, 2.05) is 12.1 Å². The van der Waals surface area contributed by atoms with Crippen molar-refractivity contribution in [2.75, 3.05) is 31.6 Å². The van der Waals surface area contributed by atoms with E-state index in [4.69, 9.17) is 23.1 Å². The lowest BCUT2D eigenvalue weighted by Gasteiger charge is -2.16. The van der Waals surface area contributed by atoms with Crippen molar-refractivity contribution < 1.29 is 9.90 Å². The minimum Gasteiger partial charge on any atom is -0.396 e. The van der Waals surface area contributed by atoms with E-state index in [-0.39, 0.29) is 17.5 Å². The third-order valence-corrected chi connectivity index (χ3v) is 3.96. The van der Waals surface area contributed by atoms with Crippen LogP contribution in [0.25, 0.3) is 0 Å². The molecule has 0 spiro atoms. The van der Waals surface area contributed by atoms with Crippen LogP contribution in [-0.2, 0) is 4.79 Å². The highest BCUT2D eigenvalue weighted by Gasteiger charge is 2.23. The number of benzene rings is 1. The third-order valence-electron chi connectivity index (χ3n) is 3.74.